The first kappa shape index (κ1) is 22.2. The highest BCUT2D eigenvalue weighted by Crippen LogP contribution is 2.41. The van der Waals surface area contributed by atoms with Gasteiger partial charge in [0.25, 0.3) is 0 Å². The molecule has 0 saturated heterocycles. The first-order chi connectivity index (χ1) is 13.8. The number of ether oxygens (including phenoxy) is 2. The number of carbonyl (C=O) groups is 1. The second kappa shape index (κ2) is 9.92. The largest absolute Gasteiger partial charge is 0.513 e. The Labute approximate surface area is 170 Å². The maximum Gasteiger partial charge on any atom is 0.513 e. The number of nitriles is 1. The predicted octanol–water partition coefficient (Wildman–Crippen LogP) is 5.95. The van der Waals surface area contributed by atoms with Crippen LogP contribution in [0.3, 0.4) is 0 Å². The van der Waals surface area contributed by atoms with Gasteiger partial charge in [0.15, 0.2) is 11.6 Å². The third-order valence-corrected chi connectivity index (χ3v) is 4.63. The van der Waals surface area contributed by atoms with Gasteiger partial charge in [0.1, 0.15) is 5.75 Å². The molecule has 0 saturated carbocycles. The summed E-state index contributed by atoms with van der Waals surface area (Å²) in [5.74, 6) is -1.27. The average Bonchev–Trinajstić information content (AvgIpc) is 2.67. The molecular weight excluding hydrogens is 373 g/mol. The summed E-state index contributed by atoms with van der Waals surface area (Å²) in [7, 11) is 0. The minimum atomic E-state index is -0.917. The van der Waals surface area contributed by atoms with E-state index in [1.54, 1.807) is 26.0 Å². The Morgan fingerprint density at radius 2 is 1.93 bits per heavy atom. The maximum absolute atomic E-state index is 15.3. The van der Waals surface area contributed by atoms with Gasteiger partial charge in [-0.2, -0.15) is 5.26 Å². The molecule has 6 heteroatoms. The van der Waals surface area contributed by atoms with E-state index in [0.717, 1.165) is 24.8 Å². The number of unbranched alkanes of at least 4 members (excludes halogenated alkanes) is 2. The zero-order valence-electron chi connectivity index (χ0n) is 17.3. The van der Waals surface area contributed by atoms with Gasteiger partial charge < -0.3 is 14.6 Å². The van der Waals surface area contributed by atoms with Crippen molar-refractivity contribution in [3.8, 4) is 28.7 Å². The Balaban J connectivity index is 2.66. The molecule has 1 N–H and O–H groups in total. The molecule has 0 bridgehead atoms. The van der Waals surface area contributed by atoms with E-state index in [4.69, 9.17) is 9.47 Å². The lowest BCUT2D eigenvalue weighted by atomic mass is 9.92. The van der Waals surface area contributed by atoms with Gasteiger partial charge in [-0.25, -0.2) is 9.18 Å². The van der Waals surface area contributed by atoms with Crippen molar-refractivity contribution in [3.63, 3.8) is 0 Å². The number of benzene rings is 2. The van der Waals surface area contributed by atoms with E-state index in [1.165, 1.54) is 6.07 Å². The molecule has 0 aliphatic rings. The van der Waals surface area contributed by atoms with Gasteiger partial charge in [-0.05, 0) is 62.4 Å². The zero-order chi connectivity index (χ0) is 21.6. The highest BCUT2D eigenvalue weighted by Gasteiger charge is 2.24. The quantitative estimate of drug-likeness (QED) is 0.353. The molecule has 154 valence electrons. The van der Waals surface area contributed by atoms with Gasteiger partial charge in [-0.15, -0.1) is 0 Å². The van der Waals surface area contributed by atoms with Crippen molar-refractivity contribution >= 4 is 6.16 Å². The molecule has 2 aromatic rings. The number of carbonyl (C=O) groups excluding carboxylic acids is 1. The van der Waals surface area contributed by atoms with E-state index < -0.39 is 17.7 Å². The van der Waals surface area contributed by atoms with Crippen LogP contribution in [-0.4, -0.2) is 17.9 Å². The lowest BCUT2D eigenvalue weighted by Gasteiger charge is -2.17. The standard InChI is InChI=1S/C23H26FNO4/c1-5-7-8-9-16-12-17(13-25)19(20(24)21(16)26)18-11-14(3)10-15(4)22(18)29-23(27)28-6-2/h10-12,26H,5-9H2,1-4H3. The lowest BCUT2D eigenvalue weighted by Crippen LogP contribution is -2.12. The maximum atomic E-state index is 15.3. The molecule has 0 heterocycles. The summed E-state index contributed by atoms with van der Waals surface area (Å²) in [5.41, 5.74) is 1.99. The van der Waals surface area contributed by atoms with Gasteiger partial charge in [0, 0.05) is 11.1 Å². The second-order valence-electron chi connectivity index (χ2n) is 6.93. The summed E-state index contributed by atoms with van der Waals surface area (Å²) in [5, 5.41) is 20.1. The number of rotatable bonds is 7. The van der Waals surface area contributed by atoms with Crippen molar-refractivity contribution in [3.05, 3.63) is 46.3 Å². The molecule has 29 heavy (non-hydrogen) atoms. The van der Waals surface area contributed by atoms with Crippen LogP contribution in [0.5, 0.6) is 11.5 Å². The van der Waals surface area contributed by atoms with Crippen LogP contribution >= 0.6 is 0 Å². The monoisotopic (exact) mass is 399 g/mol. The predicted molar refractivity (Wildman–Crippen MR) is 109 cm³/mol. The first-order valence-corrected chi connectivity index (χ1v) is 9.74. The van der Waals surface area contributed by atoms with Crippen LogP contribution in [0.25, 0.3) is 11.1 Å². The number of aromatic hydroxyl groups is 1. The number of halogens is 1. The number of phenolic OH excluding ortho intramolecular Hbond substituents is 1. The van der Waals surface area contributed by atoms with Crippen molar-refractivity contribution in [2.45, 2.75) is 53.4 Å². The molecule has 0 radical (unpaired) electrons. The molecule has 0 spiro atoms. The van der Waals surface area contributed by atoms with E-state index in [1.807, 2.05) is 13.0 Å². The van der Waals surface area contributed by atoms with Gasteiger partial charge in [-0.1, -0.05) is 25.8 Å². The molecule has 0 amide bonds. The van der Waals surface area contributed by atoms with Gasteiger partial charge in [-0.3, -0.25) is 0 Å². The molecule has 2 aromatic carbocycles. The number of nitrogens with zero attached hydrogens (tertiary/aromatic N) is 1. The van der Waals surface area contributed by atoms with E-state index >= 15 is 4.39 Å². The number of hydrogen-bond donors (Lipinski definition) is 1. The molecule has 0 fully saturated rings. The van der Waals surface area contributed by atoms with E-state index in [9.17, 15) is 15.2 Å². The van der Waals surface area contributed by atoms with Crippen LogP contribution in [-0.2, 0) is 11.2 Å². The summed E-state index contributed by atoms with van der Waals surface area (Å²) in [6.45, 7) is 7.36. The average molecular weight is 399 g/mol. The fraction of sp³-hybridized carbons (Fsp3) is 0.391. The summed E-state index contributed by atoms with van der Waals surface area (Å²) >= 11 is 0. The van der Waals surface area contributed by atoms with Crippen molar-refractivity contribution in [1.29, 1.82) is 5.26 Å². The number of hydrogen-bond acceptors (Lipinski definition) is 5. The van der Waals surface area contributed by atoms with Gasteiger partial charge in [0.05, 0.1) is 18.2 Å². The highest BCUT2D eigenvalue weighted by atomic mass is 19.1. The third kappa shape index (κ3) is 5.05. The minimum absolute atomic E-state index is 0.0745. The number of phenols is 1. The Kier molecular flexibility index (Phi) is 7.60. The van der Waals surface area contributed by atoms with Crippen LogP contribution < -0.4 is 4.74 Å². The summed E-state index contributed by atoms with van der Waals surface area (Å²) in [6.07, 6.45) is 2.28. The van der Waals surface area contributed by atoms with Crippen molar-refractivity contribution < 1.29 is 23.8 Å². The van der Waals surface area contributed by atoms with Crippen LogP contribution in [0, 0.1) is 31.0 Å². The topological polar surface area (TPSA) is 79.5 Å². The molecule has 0 aliphatic carbocycles. The second-order valence-corrected chi connectivity index (χ2v) is 6.93. The molecule has 2 rings (SSSR count). The molecule has 0 atom stereocenters. The van der Waals surface area contributed by atoms with Crippen LogP contribution in [0.2, 0.25) is 0 Å². The van der Waals surface area contributed by atoms with Crippen LogP contribution in [0.4, 0.5) is 9.18 Å². The van der Waals surface area contributed by atoms with E-state index in [2.05, 4.69) is 6.92 Å². The molecular formula is C23H26FNO4. The Hall–Kier alpha value is -3.07. The third-order valence-electron chi connectivity index (χ3n) is 4.63. The highest BCUT2D eigenvalue weighted by molar-refractivity contribution is 5.82. The smallest absolute Gasteiger partial charge is 0.505 e. The lowest BCUT2D eigenvalue weighted by molar-refractivity contribution is 0.104. The first-order valence-electron chi connectivity index (χ1n) is 9.74. The van der Waals surface area contributed by atoms with Crippen molar-refractivity contribution in [1.82, 2.24) is 0 Å². The Morgan fingerprint density at radius 1 is 1.21 bits per heavy atom. The molecule has 0 aliphatic heterocycles. The fourth-order valence-electron chi connectivity index (χ4n) is 3.31. The van der Waals surface area contributed by atoms with Crippen molar-refractivity contribution in [2.24, 2.45) is 0 Å². The molecule has 0 unspecified atom stereocenters. The van der Waals surface area contributed by atoms with E-state index in [-0.39, 0.29) is 29.0 Å². The SMILES string of the molecule is CCCCCc1cc(C#N)c(-c2cc(C)cc(C)c2OC(=O)OCC)c(F)c1O. The molecule has 0 aromatic heterocycles. The minimum Gasteiger partial charge on any atom is -0.505 e. The van der Waals surface area contributed by atoms with Gasteiger partial charge in [0.2, 0.25) is 0 Å². The zero-order valence-corrected chi connectivity index (χ0v) is 17.3. The summed E-state index contributed by atoms with van der Waals surface area (Å²) in [4.78, 5) is 11.9. The molecule has 5 nitrogen and oxygen atoms in total. The van der Waals surface area contributed by atoms with Crippen LogP contribution in [0.15, 0.2) is 18.2 Å². The van der Waals surface area contributed by atoms with Crippen LogP contribution in [0.1, 0.15) is 55.4 Å². The van der Waals surface area contributed by atoms with E-state index in [0.29, 0.717) is 17.5 Å². The Bertz CT molecular complexity index is 947. The number of aryl methyl sites for hydroxylation is 3. The normalized spacial score (nSPS) is 10.5. The Morgan fingerprint density at radius 3 is 2.55 bits per heavy atom. The van der Waals surface area contributed by atoms with Gasteiger partial charge >= 0.3 is 6.16 Å². The summed E-state index contributed by atoms with van der Waals surface area (Å²) < 4.78 is 25.4. The fourth-order valence-corrected chi connectivity index (χ4v) is 3.31. The summed E-state index contributed by atoms with van der Waals surface area (Å²) in [6, 6.07) is 6.92. The van der Waals surface area contributed by atoms with Crippen molar-refractivity contribution in [2.75, 3.05) is 6.61 Å².